The fourth-order valence-electron chi connectivity index (χ4n) is 2.35. The van der Waals surface area contributed by atoms with E-state index in [1.165, 1.54) is 0 Å². The number of ether oxygens (including phenoxy) is 1. The van der Waals surface area contributed by atoms with Crippen molar-refractivity contribution in [1.29, 1.82) is 0 Å². The summed E-state index contributed by atoms with van der Waals surface area (Å²) in [4.78, 5) is 16.4. The van der Waals surface area contributed by atoms with Gasteiger partial charge in [0.2, 0.25) is 0 Å². The van der Waals surface area contributed by atoms with E-state index < -0.39 is 0 Å². The van der Waals surface area contributed by atoms with Crippen molar-refractivity contribution in [2.45, 2.75) is 38.8 Å². The maximum Gasteiger partial charge on any atom is 0.251 e. The van der Waals surface area contributed by atoms with E-state index in [1.807, 2.05) is 24.3 Å². The Labute approximate surface area is 167 Å². The molecule has 1 aromatic carbocycles. The van der Waals surface area contributed by atoms with Crippen LogP contribution < -0.4 is 15.8 Å². The molecule has 0 spiro atoms. The molecule has 0 radical (unpaired) electrons. The number of nitrogens with zero attached hydrogens (tertiary/aromatic N) is 1. The van der Waals surface area contributed by atoms with Gasteiger partial charge in [-0.1, -0.05) is 31.9 Å². The van der Waals surface area contributed by atoms with Crippen molar-refractivity contribution in [2.75, 3.05) is 6.54 Å². The van der Waals surface area contributed by atoms with Crippen LogP contribution in [0, 0.1) is 0 Å². The van der Waals surface area contributed by atoms with Gasteiger partial charge in [0, 0.05) is 36.1 Å². The lowest BCUT2D eigenvalue weighted by atomic mass is 10.1. The second-order valence-corrected chi connectivity index (χ2v) is 5.73. The quantitative estimate of drug-likeness (QED) is 0.672. The molecule has 0 saturated carbocycles. The standard InChI is InChI=1S/C19H25N3O2.2ClH/c1-2-3-8-17(12-20)22-19(23)16-7-4-9-18(11-16)24-14-15-6-5-10-21-13-15;;/h4-7,9-11,13,17H,2-3,8,12,14,20H2,1H3,(H,22,23);2*1H. The van der Waals surface area contributed by atoms with Crippen LogP contribution in [0.1, 0.15) is 42.1 Å². The summed E-state index contributed by atoms with van der Waals surface area (Å²) >= 11 is 0. The van der Waals surface area contributed by atoms with Gasteiger partial charge in [-0.2, -0.15) is 0 Å². The smallest absolute Gasteiger partial charge is 0.251 e. The Morgan fingerprint density at radius 3 is 2.73 bits per heavy atom. The van der Waals surface area contributed by atoms with Crippen LogP contribution in [-0.2, 0) is 6.61 Å². The average molecular weight is 400 g/mol. The zero-order valence-corrected chi connectivity index (χ0v) is 16.5. The van der Waals surface area contributed by atoms with E-state index in [-0.39, 0.29) is 36.8 Å². The summed E-state index contributed by atoms with van der Waals surface area (Å²) in [6, 6.07) is 11.0. The van der Waals surface area contributed by atoms with E-state index in [4.69, 9.17) is 10.5 Å². The van der Waals surface area contributed by atoms with Gasteiger partial charge in [0.25, 0.3) is 5.91 Å². The van der Waals surface area contributed by atoms with Crippen molar-refractivity contribution in [1.82, 2.24) is 10.3 Å². The number of nitrogens with two attached hydrogens (primary N) is 1. The van der Waals surface area contributed by atoms with Crippen molar-refractivity contribution in [3.63, 3.8) is 0 Å². The molecule has 3 N–H and O–H groups in total. The molecule has 1 unspecified atom stereocenters. The number of hydrogen-bond donors (Lipinski definition) is 2. The fourth-order valence-corrected chi connectivity index (χ4v) is 2.35. The molecule has 2 rings (SSSR count). The molecule has 0 saturated heterocycles. The van der Waals surface area contributed by atoms with Gasteiger partial charge in [-0.25, -0.2) is 0 Å². The van der Waals surface area contributed by atoms with Crippen LogP contribution in [0.3, 0.4) is 0 Å². The number of carbonyl (C=O) groups excluding carboxylic acids is 1. The van der Waals surface area contributed by atoms with Crippen molar-refractivity contribution in [2.24, 2.45) is 5.73 Å². The highest BCUT2D eigenvalue weighted by Crippen LogP contribution is 2.15. The minimum absolute atomic E-state index is 0. The lowest BCUT2D eigenvalue weighted by Crippen LogP contribution is -2.40. The van der Waals surface area contributed by atoms with E-state index in [1.54, 1.807) is 24.5 Å². The molecule has 0 fully saturated rings. The number of benzene rings is 1. The van der Waals surface area contributed by atoms with E-state index in [2.05, 4.69) is 17.2 Å². The Balaban J connectivity index is 0.00000312. The topological polar surface area (TPSA) is 77.2 Å². The molecule has 1 aromatic heterocycles. The Bertz CT molecular complexity index is 642. The largest absolute Gasteiger partial charge is 0.489 e. The molecule has 5 nitrogen and oxygen atoms in total. The van der Waals surface area contributed by atoms with Gasteiger partial charge < -0.3 is 15.8 Å². The fraction of sp³-hybridized carbons (Fsp3) is 0.368. The molecule has 7 heteroatoms. The molecule has 1 atom stereocenters. The first kappa shape index (κ1) is 24.2. The van der Waals surface area contributed by atoms with E-state index in [9.17, 15) is 4.79 Å². The third-order valence-electron chi connectivity index (χ3n) is 3.75. The third kappa shape index (κ3) is 8.04. The maximum absolute atomic E-state index is 12.4. The first-order valence-corrected chi connectivity index (χ1v) is 8.35. The predicted octanol–water partition coefficient (Wildman–Crippen LogP) is 3.75. The number of aromatic nitrogens is 1. The number of unbranched alkanes of at least 4 members (excludes halogenated alkanes) is 1. The minimum atomic E-state index is -0.117. The van der Waals surface area contributed by atoms with Crippen LogP contribution in [0.2, 0.25) is 0 Å². The summed E-state index contributed by atoms with van der Waals surface area (Å²) in [6.07, 6.45) is 6.52. The van der Waals surface area contributed by atoms with Gasteiger partial charge in [-0.3, -0.25) is 9.78 Å². The van der Waals surface area contributed by atoms with E-state index >= 15 is 0 Å². The number of amides is 1. The Morgan fingerprint density at radius 2 is 2.08 bits per heavy atom. The van der Waals surface area contributed by atoms with Crippen molar-refractivity contribution in [3.05, 3.63) is 59.9 Å². The number of halogens is 2. The number of rotatable bonds is 9. The molecular formula is C19H27Cl2N3O2. The second kappa shape index (κ2) is 13.4. The van der Waals surface area contributed by atoms with Crippen LogP contribution in [0.25, 0.3) is 0 Å². The summed E-state index contributed by atoms with van der Waals surface area (Å²) in [6.45, 7) is 2.99. The summed E-state index contributed by atoms with van der Waals surface area (Å²) in [5.41, 5.74) is 7.30. The Morgan fingerprint density at radius 1 is 1.27 bits per heavy atom. The second-order valence-electron chi connectivity index (χ2n) is 5.73. The molecule has 0 aliphatic heterocycles. The lowest BCUT2D eigenvalue weighted by Gasteiger charge is -2.16. The molecule has 0 aliphatic rings. The number of carbonyl (C=O) groups is 1. The van der Waals surface area contributed by atoms with E-state index in [0.717, 1.165) is 24.8 Å². The predicted molar refractivity (Wildman–Crippen MR) is 109 cm³/mol. The minimum Gasteiger partial charge on any atom is -0.489 e. The molecule has 2 aromatic rings. The molecule has 1 heterocycles. The molecule has 1 amide bonds. The zero-order valence-electron chi connectivity index (χ0n) is 14.9. The number of nitrogens with one attached hydrogen (secondary N) is 1. The van der Waals surface area contributed by atoms with Crippen LogP contribution in [0.15, 0.2) is 48.8 Å². The summed E-state index contributed by atoms with van der Waals surface area (Å²) < 4.78 is 5.73. The van der Waals surface area contributed by atoms with Gasteiger partial charge >= 0.3 is 0 Å². The molecule has 0 aliphatic carbocycles. The van der Waals surface area contributed by atoms with E-state index in [0.29, 0.717) is 24.5 Å². The molecule has 26 heavy (non-hydrogen) atoms. The Kier molecular flexibility index (Phi) is 12.5. The zero-order chi connectivity index (χ0) is 17.2. The highest BCUT2D eigenvalue weighted by Gasteiger charge is 2.12. The maximum atomic E-state index is 12.4. The first-order chi connectivity index (χ1) is 11.7. The summed E-state index contributed by atoms with van der Waals surface area (Å²) in [5.74, 6) is 0.540. The monoisotopic (exact) mass is 399 g/mol. The van der Waals surface area contributed by atoms with Gasteiger partial charge in [-0.15, -0.1) is 24.8 Å². The Hall–Kier alpha value is -1.82. The summed E-state index contributed by atoms with van der Waals surface area (Å²) in [5, 5.41) is 2.99. The van der Waals surface area contributed by atoms with Gasteiger partial charge in [-0.05, 0) is 30.7 Å². The average Bonchev–Trinajstić information content (AvgIpc) is 2.64. The number of pyridine rings is 1. The molecule has 0 bridgehead atoms. The highest BCUT2D eigenvalue weighted by atomic mass is 35.5. The normalized spacial score (nSPS) is 10.8. The van der Waals surface area contributed by atoms with Gasteiger partial charge in [0.15, 0.2) is 0 Å². The van der Waals surface area contributed by atoms with Crippen LogP contribution in [0.4, 0.5) is 0 Å². The first-order valence-electron chi connectivity index (χ1n) is 8.35. The van der Waals surface area contributed by atoms with Crippen molar-refractivity contribution < 1.29 is 9.53 Å². The third-order valence-corrected chi connectivity index (χ3v) is 3.75. The van der Waals surface area contributed by atoms with Crippen molar-refractivity contribution >= 4 is 30.7 Å². The van der Waals surface area contributed by atoms with Gasteiger partial charge in [0.1, 0.15) is 12.4 Å². The highest BCUT2D eigenvalue weighted by molar-refractivity contribution is 5.94. The van der Waals surface area contributed by atoms with Gasteiger partial charge in [0.05, 0.1) is 0 Å². The van der Waals surface area contributed by atoms with Crippen LogP contribution in [0.5, 0.6) is 5.75 Å². The lowest BCUT2D eigenvalue weighted by molar-refractivity contribution is 0.0935. The molecular weight excluding hydrogens is 373 g/mol. The molecule has 144 valence electrons. The number of hydrogen-bond acceptors (Lipinski definition) is 4. The van der Waals surface area contributed by atoms with Crippen LogP contribution >= 0.6 is 24.8 Å². The van der Waals surface area contributed by atoms with Crippen LogP contribution in [-0.4, -0.2) is 23.5 Å². The summed E-state index contributed by atoms with van der Waals surface area (Å²) in [7, 11) is 0. The SMILES string of the molecule is CCCCC(CN)NC(=O)c1cccc(OCc2cccnc2)c1.Cl.Cl. The van der Waals surface area contributed by atoms with Crippen molar-refractivity contribution in [3.8, 4) is 5.75 Å².